The second-order valence-electron chi connectivity index (χ2n) is 7.29. The third kappa shape index (κ3) is 5.56. The fraction of sp³-hybridized carbons (Fsp3) is 0.318. The van der Waals surface area contributed by atoms with E-state index in [9.17, 15) is 36.6 Å². The Morgan fingerprint density at radius 2 is 1.59 bits per heavy atom. The lowest BCUT2D eigenvalue weighted by Crippen LogP contribution is -2.37. The monoisotopic (exact) mass is 458 g/mol. The number of hydrogen-bond donors (Lipinski definition) is 3. The second kappa shape index (κ2) is 9.43. The van der Waals surface area contributed by atoms with Crippen molar-refractivity contribution < 1.29 is 36.6 Å². The average Bonchev–Trinajstić information content (AvgIpc) is 2.74. The Kier molecular flexibility index (Phi) is 7.06. The molecule has 0 unspecified atom stereocenters. The van der Waals surface area contributed by atoms with Gasteiger partial charge in [-0.25, -0.2) is 4.98 Å². The summed E-state index contributed by atoms with van der Waals surface area (Å²) in [6.45, 7) is -0.602. The van der Waals surface area contributed by atoms with Crippen molar-refractivity contribution in [1.29, 1.82) is 0 Å². The highest BCUT2D eigenvalue weighted by molar-refractivity contribution is 5.86. The molecule has 3 aromatic rings. The molecule has 0 saturated carbocycles. The number of nitrogens with zero attached hydrogens (tertiary/aromatic N) is 1. The highest BCUT2D eigenvalue weighted by Gasteiger charge is 2.38. The summed E-state index contributed by atoms with van der Waals surface area (Å²) in [5.74, 6) is 0. The number of rotatable bonds is 7. The molecule has 0 bridgehead atoms. The van der Waals surface area contributed by atoms with Crippen molar-refractivity contribution >= 4 is 10.9 Å². The van der Waals surface area contributed by atoms with E-state index < -0.39 is 41.3 Å². The van der Waals surface area contributed by atoms with Crippen LogP contribution in [0.15, 0.2) is 54.6 Å². The molecule has 10 heteroatoms. The van der Waals surface area contributed by atoms with Gasteiger partial charge in [0.15, 0.2) is 0 Å². The molecule has 0 amide bonds. The van der Waals surface area contributed by atoms with E-state index >= 15 is 0 Å². The third-order valence-corrected chi connectivity index (χ3v) is 4.97. The van der Waals surface area contributed by atoms with E-state index in [4.69, 9.17) is 0 Å². The van der Waals surface area contributed by atoms with Crippen LogP contribution in [0.4, 0.5) is 26.3 Å². The summed E-state index contributed by atoms with van der Waals surface area (Å²) in [5, 5.41) is 22.8. The summed E-state index contributed by atoms with van der Waals surface area (Å²) in [6, 6.07) is 12.0. The normalized spacial score (nSPS) is 14.5. The molecular formula is C22H20F6N2O2. The smallest absolute Gasteiger partial charge is 0.395 e. The Labute approximate surface area is 179 Å². The van der Waals surface area contributed by atoms with E-state index in [1.807, 2.05) is 18.2 Å². The Bertz CT molecular complexity index is 1050. The summed E-state index contributed by atoms with van der Waals surface area (Å²) in [5.41, 5.74) is -3.18. The lowest BCUT2D eigenvalue weighted by Gasteiger charge is -2.21. The lowest BCUT2D eigenvalue weighted by molar-refractivity contribution is -0.142. The minimum Gasteiger partial charge on any atom is -0.395 e. The molecule has 0 radical (unpaired) electrons. The number of nitrogens with one attached hydrogen (secondary N) is 1. The third-order valence-electron chi connectivity index (χ3n) is 4.97. The zero-order valence-electron chi connectivity index (χ0n) is 16.6. The van der Waals surface area contributed by atoms with Gasteiger partial charge in [0.1, 0.15) is 5.69 Å². The van der Waals surface area contributed by atoms with Crippen molar-refractivity contribution in [3.63, 3.8) is 0 Å². The number of fused-ring (bicyclic) bond motifs is 1. The number of pyridine rings is 1. The highest BCUT2D eigenvalue weighted by atomic mass is 19.4. The average molecular weight is 458 g/mol. The summed E-state index contributed by atoms with van der Waals surface area (Å²) >= 11 is 0. The van der Waals surface area contributed by atoms with E-state index in [1.54, 1.807) is 12.1 Å². The number of aliphatic hydroxyl groups excluding tert-OH is 2. The van der Waals surface area contributed by atoms with Crippen LogP contribution in [0.3, 0.4) is 0 Å². The Morgan fingerprint density at radius 1 is 0.906 bits per heavy atom. The van der Waals surface area contributed by atoms with Crippen LogP contribution in [0.5, 0.6) is 0 Å². The maximum Gasteiger partial charge on any atom is 0.433 e. The molecule has 1 aromatic heterocycles. The SMILES string of the molecule is OC[C@@H](Cc1ccccc1)NC[C@H](O)c1cc(C(F)(F)F)nc2c(C(F)(F)F)cccc12. The first kappa shape index (κ1) is 24.0. The maximum absolute atomic E-state index is 13.4. The van der Waals surface area contributed by atoms with Crippen LogP contribution in [0.1, 0.15) is 28.5 Å². The Hall–Kier alpha value is -2.69. The largest absolute Gasteiger partial charge is 0.433 e. The van der Waals surface area contributed by atoms with Crippen molar-refractivity contribution in [3.8, 4) is 0 Å². The van der Waals surface area contributed by atoms with Gasteiger partial charge in [-0.05, 0) is 29.7 Å². The predicted molar refractivity (Wildman–Crippen MR) is 106 cm³/mol. The van der Waals surface area contributed by atoms with Gasteiger partial charge in [-0.2, -0.15) is 26.3 Å². The molecule has 0 saturated heterocycles. The van der Waals surface area contributed by atoms with Crippen molar-refractivity contribution in [3.05, 3.63) is 77.0 Å². The summed E-state index contributed by atoms with van der Waals surface area (Å²) < 4.78 is 80.1. The molecule has 3 N–H and O–H groups in total. The van der Waals surface area contributed by atoms with Crippen molar-refractivity contribution in [1.82, 2.24) is 10.3 Å². The van der Waals surface area contributed by atoms with Gasteiger partial charge in [0, 0.05) is 18.0 Å². The first-order valence-corrected chi connectivity index (χ1v) is 9.65. The van der Waals surface area contributed by atoms with Crippen LogP contribution in [-0.4, -0.2) is 34.4 Å². The summed E-state index contributed by atoms with van der Waals surface area (Å²) in [7, 11) is 0. The lowest BCUT2D eigenvalue weighted by atomic mass is 9.99. The van der Waals surface area contributed by atoms with Crippen LogP contribution in [0.2, 0.25) is 0 Å². The van der Waals surface area contributed by atoms with Gasteiger partial charge in [-0.3, -0.25) is 0 Å². The van der Waals surface area contributed by atoms with Gasteiger partial charge < -0.3 is 15.5 Å². The molecule has 4 nitrogen and oxygen atoms in total. The maximum atomic E-state index is 13.4. The van der Waals surface area contributed by atoms with E-state index in [1.165, 1.54) is 6.07 Å². The zero-order chi connectivity index (χ0) is 23.5. The van der Waals surface area contributed by atoms with Crippen molar-refractivity contribution in [2.24, 2.45) is 0 Å². The van der Waals surface area contributed by atoms with Crippen LogP contribution < -0.4 is 5.32 Å². The molecule has 0 aliphatic heterocycles. The van der Waals surface area contributed by atoms with E-state index in [0.29, 0.717) is 18.6 Å². The molecule has 2 aromatic carbocycles. The number of para-hydroxylation sites is 1. The molecule has 0 aliphatic rings. The number of aromatic nitrogens is 1. The van der Waals surface area contributed by atoms with E-state index in [2.05, 4.69) is 10.3 Å². The minimum atomic E-state index is -5.00. The van der Waals surface area contributed by atoms with Gasteiger partial charge in [0.25, 0.3) is 0 Å². The summed E-state index contributed by atoms with van der Waals surface area (Å²) in [6.07, 6.45) is -11.1. The minimum absolute atomic E-state index is 0.231. The molecular weight excluding hydrogens is 438 g/mol. The van der Waals surface area contributed by atoms with E-state index in [0.717, 1.165) is 11.6 Å². The molecule has 1 heterocycles. The fourth-order valence-electron chi connectivity index (χ4n) is 3.41. The van der Waals surface area contributed by atoms with Gasteiger partial charge in [0.2, 0.25) is 0 Å². The van der Waals surface area contributed by atoms with Crippen LogP contribution in [0, 0.1) is 0 Å². The Balaban J connectivity index is 1.94. The highest BCUT2D eigenvalue weighted by Crippen LogP contribution is 2.38. The second-order valence-corrected chi connectivity index (χ2v) is 7.29. The molecule has 3 rings (SSSR count). The molecule has 0 spiro atoms. The van der Waals surface area contributed by atoms with Crippen molar-refractivity contribution in [2.75, 3.05) is 13.2 Å². The standard InChI is InChI=1S/C22H20F6N2O2/c23-21(24,25)17-8-4-7-15-16(10-19(22(26,27)28)30-20(15)17)18(32)11-29-14(12-31)9-13-5-2-1-3-6-13/h1-8,10,14,18,29,31-32H,9,11-12H2/t14-,18+/m1/s1. The molecule has 0 fully saturated rings. The molecule has 0 aliphatic carbocycles. The Morgan fingerprint density at radius 3 is 2.19 bits per heavy atom. The van der Waals surface area contributed by atoms with Gasteiger partial charge in [0.05, 0.1) is 23.8 Å². The number of alkyl halides is 6. The number of halogens is 6. The first-order chi connectivity index (χ1) is 15.0. The molecule has 32 heavy (non-hydrogen) atoms. The number of aliphatic hydroxyl groups is 2. The summed E-state index contributed by atoms with van der Waals surface area (Å²) in [4.78, 5) is 3.21. The fourth-order valence-corrected chi connectivity index (χ4v) is 3.41. The van der Waals surface area contributed by atoms with Gasteiger partial charge in [-0.1, -0.05) is 42.5 Å². The topological polar surface area (TPSA) is 65.4 Å². The first-order valence-electron chi connectivity index (χ1n) is 9.65. The van der Waals surface area contributed by atoms with Crippen molar-refractivity contribution in [2.45, 2.75) is 30.9 Å². The zero-order valence-corrected chi connectivity index (χ0v) is 16.6. The predicted octanol–water partition coefficient (Wildman–Crippen LogP) is 4.50. The molecule has 2 atom stereocenters. The van der Waals surface area contributed by atoms with Crippen LogP contribution >= 0.6 is 0 Å². The quantitative estimate of drug-likeness (QED) is 0.457. The van der Waals surface area contributed by atoms with Gasteiger partial charge >= 0.3 is 12.4 Å². The van der Waals surface area contributed by atoms with Gasteiger partial charge in [-0.15, -0.1) is 0 Å². The molecule has 172 valence electrons. The van der Waals surface area contributed by atoms with Crippen LogP contribution in [-0.2, 0) is 18.8 Å². The van der Waals surface area contributed by atoms with E-state index in [-0.39, 0.29) is 24.1 Å². The number of hydrogen-bond acceptors (Lipinski definition) is 4. The van der Waals surface area contributed by atoms with Crippen LogP contribution in [0.25, 0.3) is 10.9 Å². The number of benzene rings is 2.